The van der Waals surface area contributed by atoms with Crippen LogP contribution in [0.5, 0.6) is 0 Å². The number of hydrogen-bond acceptors (Lipinski definition) is 6. The fourth-order valence-corrected chi connectivity index (χ4v) is 1.00. The van der Waals surface area contributed by atoms with Gasteiger partial charge in [0.25, 0.3) is 0 Å². The lowest BCUT2D eigenvalue weighted by molar-refractivity contribution is 1.14. The lowest BCUT2D eigenvalue weighted by Crippen LogP contribution is -2.16. The maximum atomic E-state index is 5.56. The van der Waals surface area contributed by atoms with Crippen LogP contribution in [0.25, 0.3) is 11.3 Å². The summed E-state index contributed by atoms with van der Waals surface area (Å²) in [6.07, 6.45) is 0. The first-order chi connectivity index (χ1) is 6.58. The highest BCUT2D eigenvalue weighted by Crippen LogP contribution is 2.11. The summed E-state index contributed by atoms with van der Waals surface area (Å²) < 4.78 is 0. The van der Waals surface area contributed by atoms with Crippen molar-refractivity contribution in [2.75, 3.05) is 11.5 Å². The van der Waals surface area contributed by atoms with Crippen molar-refractivity contribution < 1.29 is 0 Å². The highest BCUT2D eigenvalue weighted by atomic mass is 15.1. The molecule has 68 valence electrons. The van der Waals surface area contributed by atoms with Crippen LogP contribution < -0.4 is 17.1 Å². The maximum Gasteiger partial charge on any atom is 0.200 e. The van der Waals surface area contributed by atoms with Crippen molar-refractivity contribution in [3.05, 3.63) is 5.69 Å². The number of aromatic nitrogens is 4. The quantitative estimate of drug-likeness (QED) is 0.495. The zero-order chi connectivity index (χ0) is 10.3. The summed E-state index contributed by atoms with van der Waals surface area (Å²) in [7, 11) is 5.56. The van der Waals surface area contributed by atoms with E-state index in [2.05, 4.69) is 19.9 Å². The van der Waals surface area contributed by atoms with Gasteiger partial charge in [-0.25, -0.2) is 19.9 Å². The molecule has 0 aliphatic carbocycles. The molecule has 4 N–H and O–H groups in total. The van der Waals surface area contributed by atoms with E-state index in [0.29, 0.717) is 22.6 Å². The summed E-state index contributed by atoms with van der Waals surface area (Å²) in [5.74, 6) is 0.283. The molecule has 0 fully saturated rings. The van der Waals surface area contributed by atoms with Gasteiger partial charge in [0.2, 0.25) is 0 Å². The van der Waals surface area contributed by atoms with Crippen molar-refractivity contribution in [1.29, 1.82) is 0 Å². The van der Waals surface area contributed by atoms with Crippen LogP contribution in [0.3, 0.4) is 0 Å². The molecular formula is C7H7BN6. The van der Waals surface area contributed by atoms with Gasteiger partial charge in [0, 0.05) is 5.59 Å². The van der Waals surface area contributed by atoms with Crippen LogP contribution in [0.4, 0.5) is 11.6 Å². The third kappa shape index (κ3) is 1.22. The number of nitrogens with zero attached hydrogens (tertiary/aromatic N) is 4. The highest BCUT2D eigenvalue weighted by Gasteiger charge is 2.06. The molecule has 14 heavy (non-hydrogen) atoms. The number of anilines is 2. The van der Waals surface area contributed by atoms with Crippen LogP contribution in [0, 0.1) is 6.92 Å². The highest BCUT2D eigenvalue weighted by molar-refractivity contribution is 6.31. The molecule has 2 aromatic rings. The fraction of sp³-hybridized carbons (Fsp3) is 0.143. The minimum absolute atomic E-state index is 0.134. The Morgan fingerprint density at radius 1 is 0.929 bits per heavy atom. The molecule has 0 atom stereocenters. The van der Waals surface area contributed by atoms with E-state index in [1.807, 2.05) is 0 Å². The molecule has 6 nitrogen and oxygen atoms in total. The Morgan fingerprint density at radius 3 is 2.00 bits per heavy atom. The molecule has 0 aliphatic rings. The normalized spacial score (nSPS) is 10.6. The molecule has 2 rings (SSSR count). The molecule has 2 aromatic heterocycles. The molecule has 7 heteroatoms. The van der Waals surface area contributed by atoms with Crippen molar-refractivity contribution in [2.24, 2.45) is 0 Å². The number of aryl methyl sites for hydroxylation is 1. The minimum atomic E-state index is 0.134. The van der Waals surface area contributed by atoms with Crippen LogP contribution in [-0.2, 0) is 0 Å². The van der Waals surface area contributed by atoms with Gasteiger partial charge < -0.3 is 11.5 Å². The number of nitrogens with two attached hydrogens (primary N) is 2. The van der Waals surface area contributed by atoms with Gasteiger partial charge in [-0.3, -0.25) is 0 Å². The number of fused-ring (bicyclic) bond motifs is 1. The third-order valence-corrected chi connectivity index (χ3v) is 1.79. The standard InChI is InChI=1S/C7H7BN6/c1-2-3(8)12-7-6(11-2)13-4(9)5(10)14-7/h1H3,(H2,9,11,13)(H2,10,12,14). The lowest BCUT2D eigenvalue weighted by atomic mass is 10.0. The van der Waals surface area contributed by atoms with E-state index in [1.165, 1.54) is 0 Å². The average molecular weight is 186 g/mol. The van der Waals surface area contributed by atoms with Crippen molar-refractivity contribution in [2.45, 2.75) is 6.92 Å². The zero-order valence-corrected chi connectivity index (χ0v) is 7.52. The Bertz CT molecular complexity index is 422. The second-order valence-electron chi connectivity index (χ2n) is 2.84. The number of rotatable bonds is 0. The van der Waals surface area contributed by atoms with Gasteiger partial charge in [-0.1, -0.05) is 0 Å². The van der Waals surface area contributed by atoms with Gasteiger partial charge in [0.15, 0.2) is 22.9 Å². The maximum absolute atomic E-state index is 5.56. The summed E-state index contributed by atoms with van der Waals surface area (Å²) >= 11 is 0. The van der Waals surface area contributed by atoms with E-state index in [1.54, 1.807) is 6.92 Å². The first kappa shape index (κ1) is 8.67. The van der Waals surface area contributed by atoms with Gasteiger partial charge >= 0.3 is 0 Å². The van der Waals surface area contributed by atoms with E-state index in [-0.39, 0.29) is 11.6 Å². The van der Waals surface area contributed by atoms with Gasteiger partial charge in [0.05, 0.1) is 5.69 Å². The largest absolute Gasteiger partial charge is 0.381 e. The molecule has 0 saturated carbocycles. The molecule has 0 bridgehead atoms. The molecule has 0 spiro atoms. The molecule has 0 unspecified atom stereocenters. The number of hydrogen-bond donors (Lipinski definition) is 2. The van der Waals surface area contributed by atoms with Crippen LogP contribution in [0.15, 0.2) is 0 Å². The molecule has 2 heterocycles. The fourth-order valence-electron chi connectivity index (χ4n) is 1.00. The monoisotopic (exact) mass is 186 g/mol. The molecule has 0 saturated heterocycles. The van der Waals surface area contributed by atoms with Crippen molar-refractivity contribution in [3.63, 3.8) is 0 Å². The Morgan fingerprint density at radius 2 is 1.43 bits per heavy atom. The van der Waals surface area contributed by atoms with Crippen molar-refractivity contribution in [1.82, 2.24) is 19.9 Å². The minimum Gasteiger partial charge on any atom is -0.381 e. The Balaban J connectivity index is 2.83. The summed E-state index contributed by atoms with van der Waals surface area (Å²) in [6, 6.07) is 0. The van der Waals surface area contributed by atoms with Crippen molar-refractivity contribution >= 4 is 36.4 Å². The van der Waals surface area contributed by atoms with E-state index >= 15 is 0 Å². The third-order valence-electron chi connectivity index (χ3n) is 1.79. The van der Waals surface area contributed by atoms with Gasteiger partial charge in [-0.15, -0.1) is 0 Å². The van der Waals surface area contributed by atoms with Gasteiger partial charge in [-0.2, -0.15) is 0 Å². The summed E-state index contributed by atoms with van der Waals surface area (Å²) in [5.41, 5.74) is 12.5. The van der Waals surface area contributed by atoms with Crippen LogP contribution in [-0.4, -0.2) is 27.8 Å². The second-order valence-corrected chi connectivity index (χ2v) is 2.84. The second kappa shape index (κ2) is 2.79. The summed E-state index contributed by atoms with van der Waals surface area (Å²) in [5, 5.41) is 0. The number of nitrogen functional groups attached to an aromatic ring is 2. The van der Waals surface area contributed by atoms with E-state index in [4.69, 9.17) is 19.3 Å². The molecule has 0 amide bonds. The first-order valence-corrected chi connectivity index (χ1v) is 3.90. The van der Waals surface area contributed by atoms with Gasteiger partial charge in [0.1, 0.15) is 7.85 Å². The van der Waals surface area contributed by atoms with E-state index < -0.39 is 0 Å². The van der Waals surface area contributed by atoms with Crippen LogP contribution >= 0.6 is 0 Å². The van der Waals surface area contributed by atoms with E-state index in [0.717, 1.165) is 0 Å². The first-order valence-electron chi connectivity index (χ1n) is 3.90. The predicted molar refractivity (Wildman–Crippen MR) is 54.1 cm³/mol. The Kier molecular flexibility index (Phi) is 1.73. The predicted octanol–water partition coefficient (Wildman–Crippen LogP) is -1.31. The van der Waals surface area contributed by atoms with Crippen LogP contribution in [0.1, 0.15) is 5.69 Å². The van der Waals surface area contributed by atoms with Gasteiger partial charge in [-0.05, 0) is 6.92 Å². The zero-order valence-electron chi connectivity index (χ0n) is 7.52. The Labute approximate surface area is 81.2 Å². The average Bonchev–Trinajstić information content (AvgIpc) is 2.11. The molecule has 2 radical (unpaired) electrons. The Hall–Kier alpha value is -1.92. The smallest absolute Gasteiger partial charge is 0.200 e. The summed E-state index contributed by atoms with van der Waals surface area (Å²) in [6.45, 7) is 1.73. The molecular weight excluding hydrogens is 179 g/mol. The van der Waals surface area contributed by atoms with Crippen molar-refractivity contribution in [3.8, 4) is 0 Å². The topological polar surface area (TPSA) is 104 Å². The van der Waals surface area contributed by atoms with E-state index in [9.17, 15) is 0 Å². The molecule has 0 aliphatic heterocycles. The summed E-state index contributed by atoms with van der Waals surface area (Å²) in [4.78, 5) is 15.9. The SMILES string of the molecule is [B]c1nc2nc(N)c(N)nc2nc1C. The molecule has 0 aromatic carbocycles. The van der Waals surface area contributed by atoms with Crippen LogP contribution in [0.2, 0.25) is 0 Å². The lowest BCUT2D eigenvalue weighted by Gasteiger charge is -2.03.